The van der Waals surface area contributed by atoms with Gasteiger partial charge >= 0.3 is 0 Å². The molecule has 3 atom stereocenters. The highest BCUT2D eigenvalue weighted by Crippen LogP contribution is 2.14. The van der Waals surface area contributed by atoms with E-state index in [9.17, 15) is 9.90 Å². The quantitative estimate of drug-likeness (QED) is 0.223. The number of hydrogen-bond donors (Lipinski definition) is 4. The van der Waals surface area contributed by atoms with Crippen molar-refractivity contribution >= 4 is 30.7 Å². The van der Waals surface area contributed by atoms with E-state index in [0.29, 0.717) is 18.9 Å². The van der Waals surface area contributed by atoms with Crippen molar-refractivity contribution < 1.29 is 9.90 Å². The van der Waals surface area contributed by atoms with Crippen LogP contribution in [0.2, 0.25) is 0 Å². The number of benzene rings is 2. The Bertz CT molecular complexity index is 861. The van der Waals surface area contributed by atoms with Crippen molar-refractivity contribution in [1.82, 2.24) is 10.6 Å². The molecule has 5 nitrogen and oxygen atoms in total. The highest BCUT2D eigenvalue weighted by Gasteiger charge is 2.22. The smallest absolute Gasteiger partial charge is 0.237 e. The van der Waals surface area contributed by atoms with Crippen LogP contribution in [0.3, 0.4) is 0 Å². The largest absolute Gasteiger partial charge is 0.508 e. The van der Waals surface area contributed by atoms with Gasteiger partial charge in [-0.25, -0.2) is 0 Å². The van der Waals surface area contributed by atoms with Crippen LogP contribution in [0.25, 0.3) is 0 Å². The van der Waals surface area contributed by atoms with Crippen LogP contribution in [0, 0.1) is 5.92 Å². The Morgan fingerprint density at radius 3 is 2.31 bits per heavy atom. The minimum Gasteiger partial charge on any atom is -0.508 e. The summed E-state index contributed by atoms with van der Waals surface area (Å²) in [5.41, 5.74) is 8.45. The molecule has 0 aliphatic rings. The monoisotopic (exact) mass is 537 g/mol. The van der Waals surface area contributed by atoms with Crippen molar-refractivity contribution in [2.45, 2.75) is 77.4 Å². The minimum absolute atomic E-state index is 0. The van der Waals surface area contributed by atoms with Gasteiger partial charge in [-0.05, 0) is 54.9 Å². The van der Waals surface area contributed by atoms with Crippen molar-refractivity contribution in [3.8, 4) is 5.75 Å². The first-order chi connectivity index (χ1) is 16.4. The average Bonchev–Trinajstić information content (AvgIpc) is 2.82. The van der Waals surface area contributed by atoms with Gasteiger partial charge in [-0.2, -0.15) is 0 Å². The maximum atomic E-state index is 13.2. The summed E-state index contributed by atoms with van der Waals surface area (Å²) >= 11 is 0. The molecule has 0 aliphatic carbocycles. The standard InChI is InChI=1S/C29H43N3O2.2ClH/c1-4-5-13-25(30)21-31-29(34)28(20-24-15-17-27(33)18-16-24)32-26(19-22(2)3)14-9-12-23-10-7-6-8-11-23;;/h6-11,14-18,22,25-26,28,32-33H,4-5,12-13,19-21,30H2,1-3H3,(H,31,34);2*1H/b14-9-;;/t25-,26+,28-;;/m0../s1. The van der Waals surface area contributed by atoms with Crippen LogP contribution in [0.4, 0.5) is 0 Å². The second-order valence-electron chi connectivity index (χ2n) is 9.59. The number of aromatic hydroxyl groups is 1. The van der Waals surface area contributed by atoms with Gasteiger partial charge in [0.2, 0.25) is 5.91 Å². The molecule has 0 spiro atoms. The first-order valence-corrected chi connectivity index (χ1v) is 12.6. The Morgan fingerprint density at radius 1 is 1.03 bits per heavy atom. The SMILES string of the molecule is CCCC[C@H](N)CNC(=O)[C@H](Cc1ccc(O)cc1)N[C@H](/C=C\Cc1ccccc1)CC(C)C.Cl.Cl. The Hall–Kier alpha value is -2.05. The maximum Gasteiger partial charge on any atom is 0.237 e. The predicted octanol–water partition coefficient (Wildman–Crippen LogP) is 5.58. The number of rotatable bonds is 15. The molecule has 0 radical (unpaired) electrons. The lowest BCUT2D eigenvalue weighted by atomic mass is 9.99. The molecule has 7 heteroatoms. The molecule has 0 aliphatic heterocycles. The van der Waals surface area contributed by atoms with E-state index in [2.05, 4.69) is 67.8 Å². The highest BCUT2D eigenvalue weighted by atomic mass is 35.5. The highest BCUT2D eigenvalue weighted by molar-refractivity contribution is 5.85. The van der Waals surface area contributed by atoms with Gasteiger partial charge in [-0.15, -0.1) is 24.8 Å². The Morgan fingerprint density at radius 2 is 1.69 bits per heavy atom. The Labute approximate surface area is 230 Å². The molecule has 0 bridgehead atoms. The van der Waals surface area contributed by atoms with E-state index in [4.69, 9.17) is 5.73 Å². The van der Waals surface area contributed by atoms with Gasteiger partial charge in [0, 0.05) is 18.6 Å². The molecule has 202 valence electrons. The summed E-state index contributed by atoms with van der Waals surface area (Å²) in [5, 5.41) is 16.3. The molecule has 0 fully saturated rings. The molecule has 0 saturated carbocycles. The molecule has 2 aromatic rings. The number of unbranched alkanes of at least 4 members (excludes halogenated alkanes) is 1. The van der Waals surface area contributed by atoms with Gasteiger partial charge in [0.15, 0.2) is 0 Å². The second-order valence-corrected chi connectivity index (χ2v) is 9.59. The molecule has 2 rings (SSSR count). The molecule has 2 aromatic carbocycles. The summed E-state index contributed by atoms with van der Waals surface area (Å²) in [6, 6.07) is 17.1. The topological polar surface area (TPSA) is 87.4 Å². The number of hydrogen-bond acceptors (Lipinski definition) is 4. The fourth-order valence-electron chi connectivity index (χ4n) is 3.97. The van der Waals surface area contributed by atoms with Crippen LogP contribution in [-0.2, 0) is 17.6 Å². The Balaban J connectivity index is 0.00000612. The number of phenolic OH excluding ortho intramolecular Hbond substituents is 1. The third-order valence-electron chi connectivity index (χ3n) is 5.86. The third kappa shape index (κ3) is 13.9. The molecular formula is C29H45Cl2N3O2. The van der Waals surface area contributed by atoms with Crippen LogP contribution in [-0.4, -0.2) is 35.7 Å². The number of carbonyl (C=O) groups is 1. The molecule has 36 heavy (non-hydrogen) atoms. The fourth-order valence-corrected chi connectivity index (χ4v) is 3.97. The summed E-state index contributed by atoms with van der Waals surface area (Å²) in [4.78, 5) is 13.2. The van der Waals surface area contributed by atoms with E-state index >= 15 is 0 Å². The normalized spacial score (nSPS) is 13.5. The number of allylic oxidation sites excluding steroid dienone is 1. The van der Waals surface area contributed by atoms with Crippen LogP contribution in [0.1, 0.15) is 57.6 Å². The summed E-state index contributed by atoms with van der Waals surface area (Å²) in [6.45, 7) is 7.01. The lowest BCUT2D eigenvalue weighted by Crippen LogP contribution is -2.51. The first kappa shape index (κ1) is 34.0. The Kier molecular flexibility index (Phi) is 18.0. The number of nitrogens with one attached hydrogen (secondary N) is 2. The van der Waals surface area contributed by atoms with Gasteiger partial charge in [0.25, 0.3) is 0 Å². The zero-order chi connectivity index (χ0) is 24.8. The molecule has 0 aromatic heterocycles. The molecule has 0 heterocycles. The predicted molar refractivity (Wildman–Crippen MR) is 156 cm³/mol. The van der Waals surface area contributed by atoms with Gasteiger partial charge in [-0.3, -0.25) is 10.1 Å². The molecule has 0 saturated heterocycles. The number of nitrogens with two attached hydrogens (primary N) is 1. The average molecular weight is 539 g/mol. The van der Waals surface area contributed by atoms with Crippen molar-refractivity contribution in [2.24, 2.45) is 11.7 Å². The summed E-state index contributed by atoms with van der Waals surface area (Å²) < 4.78 is 0. The van der Waals surface area contributed by atoms with E-state index in [-0.39, 0.29) is 48.6 Å². The van der Waals surface area contributed by atoms with E-state index in [1.54, 1.807) is 12.1 Å². The van der Waals surface area contributed by atoms with Gasteiger partial charge in [0.1, 0.15) is 5.75 Å². The zero-order valence-corrected chi connectivity index (χ0v) is 23.5. The van der Waals surface area contributed by atoms with Crippen molar-refractivity contribution in [2.75, 3.05) is 6.54 Å². The fraction of sp³-hybridized carbons (Fsp3) is 0.483. The van der Waals surface area contributed by atoms with Crippen LogP contribution >= 0.6 is 24.8 Å². The number of carbonyl (C=O) groups excluding carboxylic acids is 1. The first-order valence-electron chi connectivity index (χ1n) is 12.6. The summed E-state index contributed by atoms with van der Waals surface area (Å²) in [6.07, 6.45) is 9.78. The van der Waals surface area contributed by atoms with Crippen LogP contribution in [0.15, 0.2) is 66.7 Å². The number of halogens is 2. The second kappa shape index (κ2) is 19.1. The van der Waals surface area contributed by atoms with Crippen molar-refractivity contribution in [3.05, 3.63) is 77.9 Å². The van der Waals surface area contributed by atoms with Crippen molar-refractivity contribution in [3.63, 3.8) is 0 Å². The minimum atomic E-state index is -0.395. The van der Waals surface area contributed by atoms with E-state index in [0.717, 1.165) is 37.7 Å². The van der Waals surface area contributed by atoms with Crippen LogP contribution in [0.5, 0.6) is 5.75 Å². The molecular weight excluding hydrogens is 493 g/mol. The van der Waals surface area contributed by atoms with Gasteiger partial charge < -0.3 is 16.2 Å². The number of amides is 1. The number of phenols is 1. The third-order valence-corrected chi connectivity index (χ3v) is 5.86. The van der Waals surface area contributed by atoms with Gasteiger partial charge in [0.05, 0.1) is 6.04 Å². The summed E-state index contributed by atoms with van der Waals surface area (Å²) in [5.74, 6) is 0.671. The zero-order valence-electron chi connectivity index (χ0n) is 21.9. The lowest BCUT2D eigenvalue weighted by Gasteiger charge is -2.25. The molecule has 5 N–H and O–H groups in total. The van der Waals surface area contributed by atoms with E-state index < -0.39 is 6.04 Å². The maximum absolute atomic E-state index is 13.2. The molecule has 0 unspecified atom stereocenters. The van der Waals surface area contributed by atoms with E-state index in [1.165, 1.54) is 5.56 Å². The summed E-state index contributed by atoms with van der Waals surface area (Å²) in [7, 11) is 0. The van der Waals surface area contributed by atoms with Crippen molar-refractivity contribution in [1.29, 1.82) is 0 Å². The van der Waals surface area contributed by atoms with Crippen LogP contribution < -0.4 is 16.4 Å². The van der Waals surface area contributed by atoms with Gasteiger partial charge in [-0.1, -0.05) is 88.2 Å². The molecule has 1 amide bonds. The lowest BCUT2D eigenvalue weighted by molar-refractivity contribution is -0.123. The van der Waals surface area contributed by atoms with E-state index in [1.807, 2.05) is 18.2 Å².